The molecule has 36 heavy (non-hydrogen) atoms. The third kappa shape index (κ3) is 5.13. The standard InChI is InChI=1S/C29H32FN5O/c1-2-20-6-8-22(9-7-20)24-14-25(28-16-27(32-33-28)23-4-3-5-26(30)15-23)19-35(18-24)29(36)34-12-10-21(17-31)11-13-34/h3-9,15-16,21,24-25H,2,10-14,18-19H2,1H3,(H,32,33). The molecule has 3 aromatic rings. The van der Waals surface area contributed by atoms with Crippen molar-refractivity contribution in [3.8, 4) is 17.3 Å². The largest absolute Gasteiger partial charge is 0.325 e. The lowest BCUT2D eigenvalue weighted by atomic mass is 9.82. The molecule has 2 aliphatic rings. The first kappa shape index (κ1) is 24.1. The molecule has 6 nitrogen and oxygen atoms in total. The highest BCUT2D eigenvalue weighted by molar-refractivity contribution is 5.75. The van der Waals surface area contributed by atoms with E-state index in [-0.39, 0.29) is 29.6 Å². The van der Waals surface area contributed by atoms with Crippen LogP contribution in [0.25, 0.3) is 11.3 Å². The molecule has 0 radical (unpaired) electrons. The van der Waals surface area contributed by atoms with Crippen LogP contribution in [0.2, 0.25) is 0 Å². The number of nitrogens with zero attached hydrogens (tertiary/aromatic N) is 4. The van der Waals surface area contributed by atoms with Gasteiger partial charge in [-0.15, -0.1) is 0 Å². The predicted molar refractivity (Wildman–Crippen MR) is 137 cm³/mol. The van der Waals surface area contributed by atoms with E-state index in [0.717, 1.165) is 36.9 Å². The Morgan fingerprint density at radius 2 is 1.83 bits per heavy atom. The number of aryl methyl sites for hydroxylation is 1. The number of aromatic nitrogens is 2. The number of carbonyl (C=O) groups is 1. The van der Waals surface area contributed by atoms with Gasteiger partial charge in [0.15, 0.2) is 0 Å². The molecule has 2 amide bonds. The zero-order chi connectivity index (χ0) is 25.1. The summed E-state index contributed by atoms with van der Waals surface area (Å²) in [4.78, 5) is 17.4. The van der Waals surface area contributed by atoms with Gasteiger partial charge in [-0.25, -0.2) is 9.18 Å². The minimum atomic E-state index is -0.290. The first-order chi connectivity index (χ1) is 17.5. The van der Waals surface area contributed by atoms with E-state index in [0.29, 0.717) is 31.9 Å². The number of rotatable bonds is 4. The number of piperidine rings is 2. The summed E-state index contributed by atoms with van der Waals surface area (Å²) in [5.74, 6) is 0.0441. The maximum Gasteiger partial charge on any atom is 0.320 e. The van der Waals surface area contributed by atoms with Gasteiger partial charge >= 0.3 is 6.03 Å². The van der Waals surface area contributed by atoms with Gasteiger partial charge < -0.3 is 9.80 Å². The van der Waals surface area contributed by atoms with Crippen LogP contribution in [0.3, 0.4) is 0 Å². The number of halogens is 1. The first-order valence-corrected chi connectivity index (χ1v) is 12.9. The molecule has 0 bridgehead atoms. The monoisotopic (exact) mass is 485 g/mol. The lowest BCUT2D eigenvalue weighted by Crippen LogP contribution is -2.51. The number of hydrogen-bond donors (Lipinski definition) is 1. The summed E-state index contributed by atoms with van der Waals surface area (Å²) in [7, 11) is 0. The molecule has 186 valence electrons. The Morgan fingerprint density at radius 1 is 1.08 bits per heavy atom. The second-order valence-corrected chi connectivity index (χ2v) is 10.0. The average Bonchev–Trinajstić information content (AvgIpc) is 3.43. The number of amides is 2. The minimum Gasteiger partial charge on any atom is -0.325 e. The summed E-state index contributed by atoms with van der Waals surface area (Å²) < 4.78 is 13.8. The molecule has 1 N–H and O–H groups in total. The van der Waals surface area contributed by atoms with Crippen LogP contribution >= 0.6 is 0 Å². The molecule has 0 spiro atoms. The van der Waals surface area contributed by atoms with Crippen LogP contribution in [-0.4, -0.2) is 52.2 Å². The van der Waals surface area contributed by atoms with Crippen molar-refractivity contribution >= 4 is 6.03 Å². The van der Waals surface area contributed by atoms with Crippen molar-refractivity contribution in [2.75, 3.05) is 26.2 Å². The average molecular weight is 486 g/mol. The number of likely N-dealkylation sites (tertiary alicyclic amines) is 2. The zero-order valence-corrected chi connectivity index (χ0v) is 20.7. The van der Waals surface area contributed by atoms with Gasteiger partial charge in [0.05, 0.1) is 11.8 Å². The van der Waals surface area contributed by atoms with Crippen LogP contribution in [0.5, 0.6) is 0 Å². The van der Waals surface area contributed by atoms with E-state index in [1.54, 1.807) is 6.07 Å². The predicted octanol–water partition coefficient (Wildman–Crippen LogP) is 5.71. The fraction of sp³-hybridized carbons (Fsp3) is 0.414. The molecular formula is C29H32FN5O. The fourth-order valence-corrected chi connectivity index (χ4v) is 5.49. The Balaban J connectivity index is 1.39. The van der Waals surface area contributed by atoms with Gasteiger partial charge in [0.2, 0.25) is 0 Å². The molecule has 2 atom stereocenters. The minimum absolute atomic E-state index is 0.0409. The SMILES string of the molecule is CCc1ccc(C2CC(c3cc(-c4cccc(F)c4)n[nH]3)CN(C(=O)N3CCC(C#N)CC3)C2)cc1. The van der Waals surface area contributed by atoms with Gasteiger partial charge in [-0.3, -0.25) is 5.10 Å². The normalized spacial score (nSPS) is 20.8. The number of nitriles is 1. The van der Waals surface area contributed by atoms with Crippen LogP contribution in [0, 0.1) is 23.1 Å². The van der Waals surface area contributed by atoms with Crippen molar-refractivity contribution in [2.45, 2.75) is 44.4 Å². The van der Waals surface area contributed by atoms with Crippen LogP contribution in [-0.2, 0) is 6.42 Å². The van der Waals surface area contributed by atoms with E-state index in [4.69, 9.17) is 0 Å². The second kappa shape index (κ2) is 10.5. The maximum atomic E-state index is 13.8. The first-order valence-electron chi connectivity index (χ1n) is 12.9. The van der Waals surface area contributed by atoms with Crippen molar-refractivity contribution in [1.82, 2.24) is 20.0 Å². The molecule has 1 aromatic heterocycles. The summed E-state index contributed by atoms with van der Waals surface area (Å²) in [6.45, 7) is 4.68. The topological polar surface area (TPSA) is 76.0 Å². The lowest BCUT2D eigenvalue weighted by molar-refractivity contribution is 0.120. The summed E-state index contributed by atoms with van der Waals surface area (Å²) in [6, 6.07) is 19.6. The molecule has 2 aromatic carbocycles. The number of urea groups is 1. The highest BCUT2D eigenvalue weighted by Crippen LogP contribution is 2.37. The second-order valence-electron chi connectivity index (χ2n) is 10.0. The lowest BCUT2D eigenvalue weighted by Gasteiger charge is -2.41. The number of carbonyl (C=O) groups excluding carboxylic acids is 1. The number of hydrogen-bond acceptors (Lipinski definition) is 3. The smallest absolute Gasteiger partial charge is 0.320 e. The summed E-state index contributed by atoms with van der Waals surface area (Å²) >= 11 is 0. The summed E-state index contributed by atoms with van der Waals surface area (Å²) in [5.41, 5.74) is 4.93. The Bertz CT molecular complexity index is 1240. The molecular weight excluding hydrogens is 453 g/mol. The van der Waals surface area contributed by atoms with Gasteiger partial charge in [-0.1, -0.05) is 43.3 Å². The molecule has 2 unspecified atom stereocenters. The van der Waals surface area contributed by atoms with Gasteiger partial charge in [-0.2, -0.15) is 10.4 Å². The van der Waals surface area contributed by atoms with Gasteiger partial charge in [0, 0.05) is 55.2 Å². The van der Waals surface area contributed by atoms with Crippen molar-refractivity contribution < 1.29 is 9.18 Å². The number of aromatic amines is 1. The Morgan fingerprint density at radius 3 is 2.53 bits per heavy atom. The zero-order valence-electron chi connectivity index (χ0n) is 20.7. The molecule has 2 fully saturated rings. The van der Waals surface area contributed by atoms with E-state index in [1.165, 1.54) is 23.3 Å². The number of H-pyrrole nitrogens is 1. The molecule has 0 aliphatic carbocycles. The van der Waals surface area contributed by atoms with E-state index in [2.05, 4.69) is 47.5 Å². The van der Waals surface area contributed by atoms with Crippen LogP contribution in [0.1, 0.15) is 54.8 Å². The van der Waals surface area contributed by atoms with Crippen LogP contribution < -0.4 is 0 Å². The molecule has 2 aliphatic heterocycles. The van der Waals surface area contributed by atoms with Crippen LogP contribution in [0.15, 0.2) is 54.6 Å². The third-order valence-corrected chi connectivity index (χ3v) is 7.69. The molecule has 2 saturated heterocycles. The van der Waals surface area contributed by atoms with Crippen molar-refractivity contribution in [2.24, 2.45) is 5.92 Å². The van der Waals surface area contributed by atoms with E-state index >= 15 is 0 Å². The summed E-state index contributed by atoms with van der Waals surface area (Å²) in [5, 5.41) is 16.9. The Kier molecular flexibility index (Phi) is 7.04. The van der Waals surface area contributed by atoms with E-state index in [9.17, 15) is 14.4 Å². The van der Waals surface area contributed by atoms with Crippen molar-refractivity contribution in [3.05, 3.63) is 77.2 Å². The Hall–Kier alpha value is -3.66. The highest BCUT2D eigenvalue weighted by Gasteiger charge is 2.35. The van der Waals surface area contributed by atoms with Crippen molar-refractivity contribution in [3.63, 3.8) is 0 Å². The number of benzene rings is 2. The van der Waals surface area contributed by atoms with Crippen LogP contribution in [0.4, 0.5) is 9.18 Å². The third-order valence-electron chi connectivity index (χ3n) is 7.69. The van der Waals surface area contributed by atoms with Crippen molar-refractivity contribution in [1.29, 1.82) is 5.26 Å². The van der Waals surface area contributed by atoms with E-state index in [1.807, 2.05) is 21.9 Å². The van der Waals surface area contributed by atoms with Gasteiger partial charge in [0.1, 0.15) is 5.82 Å². The quantitative estimate of drug-likeness (QED) is 0.515. The molecule has 0 saturated carbocycles. The Labute approximate surface area is 211 Å². The maximum absolute atomic E-state index is 13.8. The van der Waals surface area contributed by atoms with Gasteiger partial charge in [-0.05, 0) is 55.0 Å². The van der Waals surface area contributed by atoms with Gasteiger partial charge in [0.25, 0.3) is 0 Å². The molecule has 3 heterocycles. The fourth-order valence-electron chi connectivity index (χ4n) is 5.49. The highest BCUT2D eigenvalue weighted by atomic mass is 19.1. The summed E-state index contributed by atoms with van der Waals surface area (Å²) in [6.07, 6.45) is 3.36. The molecule has 7 heteroatoms. The number of nitrogens with one attached hydrogen (secondary N) is 1. The van der Waals surface area contributed by atoms with E-state index < -0.39 is 0 Å². The molecule has 5 rings (SSSR count).